The Morgan fingerprint density at radius 3 is 2.87 bits per heavy atom. The highest BCUT2D eigenvalue weighted by molar-refractivity contribution is 6.24. The van der Waals surface area contributed by atoms with E-state index in [9.17, 15) is 4.79 Å². The van der Waals surface area contributed by atoms with E-state index in [1.165, 1.54) is 6.20 Å². The summed E-state index contributed by atoms with van der Waals surface area (Å²) in [5.74, 6) is 1.51. The molecule has 4 rings (SSSR count). The summed E-state index contributed by atoms with van der Waals surface area (Å²) in [4.78, 5) is 21.2. The van der Waals surface area contributed by atoms with Crippen LogP contribution in [0.15, 0.2) is 36.8 Å². The van der Waals surface area contributed by atoms with E-state index in [-0.39, 0.29) is 17.0 Å². The average molecular weight is 410 g/mol. The molecule has 8 heteroatoms. The number of nitrogens with two attached hydrogens (primary N) is 1. The number of nitrogens with zero attached hydrogens (tertiary/aromatic N) is 2. The highest BCUT2D eigenvalue weighted by atomic mass is 16.5. The van der Waals surface area contributed by atoms with Crippen molar-refractivity contribution in [3.8, 4) is 11.5 Å². The molecule has 0 aliphatic carbocycles. The van der Waals surface area contributed by atoms with Gasteiger partial charge in [-0.2, -0.15) is 0 Å². The van der Waals surface area contributed by atoms with Crippen molar-refractivity contribution >= 4 is 17.2 Å². The van der Waals surface area contributed by atoms with Crippen LogP contribution >= 0.6 is 0 Å². The number of carbonyl (C=O) groups is 1. The third-order valence-corrected chi connectivity index (χ3v) is 5.13. The van der Waals surface area contributed by atoms with Crippen molar-refractivity contribution in [2.24, 2.45) is 11.7 Å². The third kappa shape index (κ3) is 4.38. The summed E-state index contributed by atoms with van der Waals surface area (Å²) in [7, 11) is 0. The lowest BCUT2D eigenvalue weighted by Gasteiger charge is -2.18. The van der Waals surface area contributed by atoms with Crippen molar-refractivity contribution in [2.75, 3.05) is 25.1 Å². The Labute approximate surface area is 175 Å². The molecule has 1 aromatic heterocycles. The number of fused-ring (bicyclic) bond motifs is 1. The van der Waals surface area contributed by atoms with E-state index >= 15 is 0 Å². The molecule has 1 atom stereocenters. The van der Waals surface area contributed by atoms with E-state index in [2.05, 4.69) is 15.3 Å². The number of hydrogen-bond acceptors (Lipinski definition) is 7. The number of carbonyl (C=O) groups excluding carboxylic acids is 1. The number of ether oxygens (including phenoxy) is 3. The largest absolute Gasteiger partial charge is 0.491 e. The van der Waals surface area contributed by atoms with E-state index in [4.69, 9.17) is 19.9 Å². The van der Waals surface area contributed by atoms with Gasteiger partial charge >= 0.3 is 0 Å². The van der Waals surface area contributed by atoms with Crippen LogP contribution in [0.4, 0.5) is 5.69 Å². The smallest absolute Gasteiger partial charge is 0.261 e. The molecule has 30 heavy (non-hydrogen) atoms. The van der Waals surface area contributed by atoms with Gasteiger partial charge in [-0.25, -0.2) is 9.97 Å². The predicted molar refractivity (Wildman–Crippen MR) is 112 cm³/mol. The summed E-state index contributed by atoms with van der Waals surface area (Å²) < 4.78 is 17.5. The maximum Gasteiger partial charge on any atom is 0.261 e. The normalized spacial score (nSPS) is 19.8. The van der Waals surface area contributed by atoms with Gasteiger partial charge in [0.25, 0.3) is 5.91 Å². The molecular formula is C22H26N4O4. The maximum atomic E-state index is 12.9. The van der Waals surface area contributed by atoms with Crippen molar-refractivity contribution in [3.63, 3.8) is 0 Å². The number of benzene rings is 1. The van der Waals surface area contributed by atoms with E-state index in [1.54, 1.807) is 18.5 Å². The van der Waals surface area contributed by atoms with Gasteiger partial charge in [-0.1, -0.05) is 0 Å². The molecule has 1 saturated heterocycles. The Kier molecular flexibility index (Phi) is 5.59. The van der Waals surface area contributed by atoms with Crippen molar-refractivity contribution < 1.29 is 19.0 Å². The second-order valence-electron chi connectivity index (χ2n) is 8.14. The van der Waals surface area contributed by atoms with E-state index < -0.39 is 5.91 Å². The maximum absolute atomic E-state index is 12.9. The fourth-order valence-electron chi connectivity index (χ4n) is 3.65. The summed E-state index contributed by atoms with van der Waals surface area (Å²) in [6, 6.07) is 5.43. The lowest BCUT2D eigenvalue weighted by molar-refractivity contribution is -0.111. The van der Waals surface area contributed by atoms with Gasteiger partial charge in [0, 0.05) is 49.2 Å². The van der Waals surface area contributed by atoms with Crippen molar-refractivity contribution in [1.29, 1.82) is 0 Å². The van der Waals surface area contributed by atoms with Crippen LogP contribution in [0.25, 0.3) is 5.57 Å². The molecule has 1 unspecified atom stereocenters. The minimum absolute atomic E-state index is 0.183. The number of amides is 1. The SMILES string of the molecule is CC1(C)Cc2cc(NC(=O)C(=CN)c3ncccn3)c(OCC3CCOC3)cc2O1. The van der Waals surface area contributed by atoms with Gasteiger partial charge in [0.15, 0.2) is 5.82 Å². The monoisotopic (exact) mass is 410 g/mol. The number of hydrogen-bond donors (Lipinski definition) is 2. The van der Waals surface area contributed by atoms with Gasteiger partial charge in [0.05, 0.1) is 24.5 Å². The highest BCUT2D eigenvalue weighted by Gasteiger charge is 2.32. The van der Waals surface area contributed by atoms with Gasteiger partial charge < -0.3 is 25.3 Å². The number of anilines is 1. The van der Waals surface area contributed by atoms with E-state index in [1.807, 2.05) is 26.0 Å². The summed E-state index contributed by atoms with van der Waals surface area (Å²) in [6.45, 7) is 6.00. The first-order chi connectivity index (χ1) is 14.4. The van der Waals surface area contributed by atoms with Gasteiger partial charge in [-0.15, -0.1) is 0 Å². The van der Waals surface area contributed by atoms with Crippen LogP contribution in [-0.2, 0) is 16.0 Å². The zero-order valence-electron chi connectivity index (χ0n) is 17.2. The van der Waals surface area contributed by atoms with E-state index in [0.29, 0.717) is 30.6 Å². The standard InChI is InChI=1S/C22H26N4O4/c1-22(2)10-15-8-17(26-21(27)16(11-23)20-24-5-3-6-25-20)19(9-18(15)30-22)29-13-14-4-7-28-12-14/h3,5-6,8-9,11,14H,4,7,10,12-13,23H2,1-2H3,(H,26,27). The molecule has 2 aromatic rings. The Morgan fingerprint density at radius 1 is 1.37 bits per heavy atom. The molecule has 3 heterocycles. The van der Waals surface area contributed by atoms with Crippen LogP contribution in [0.2, 0.25) is 0 Å². The molecule has 158 valence electrons. The average Bonchev–Trinajstić information content (AvgIpc) is 3.33. The minimum atomic E-state index is -0.407. The fourth-order valence-corrected chi connectivity index (χ4v) is 3.65. The van der Waals surface area contributed by atoms with Crippen LogP contribution in [0, 0.1) is 5.92 Å². The molecule has 2 aliphatic rings. The molecule has 3 N–H and O–H groups in total. The van der Waals surface area contributed by atoms with Crippen LogP contribution in [-0.4, -0.2) is 41.3 Å². The summed E-state index contributed by atoms with van der Waals surface area (Å²) in [5.41, 5.74) is 7.15. The summed E-state index contributed by atoms with van der Waals surface area (Å²) in [6.07, 6.45) is 6.03. The summed E-state index contributed by atoms with van der Waals surface area (Å²) in [5, 5.41) is 2.91. The number of nitrogens with one attached hydrogen (secondary N) is 1. The molecule has 0 spiro atoms. The second-order valence-corrected chi connectivity index (χ2v) is 8.14. The van der Waals surface area contributed by atoms with Crippen molar-refractivity contribution in [3.05, 3.63) is 48.2 Å². The van der Waals surface area contributed by atoms with Crippen molar-refractivity contribution in [1.82, 2.24) is 9.97 Å². The Bertz CT molecular complexity index is 953. The molecular weight excluding hydrogens is 384 g/mol. The molecule has 1 fully saturated rings. The first-order valence-corrected chi connectivity index (χ1v) is 10.0. The second kappa shape index (κ2) is 8.31. The first kappa shape index (κ1) is 20.2. The molecule has 8 nitrogen and oxygen atoms in total. The number of rotatable bonds is 6. The number of aromatic nitrogens is 2. The molecule has 0 saturated carbocycles. The van der Waals surface area contributed by atoms with Gasteiger partial charge in [-0.05, 0) is 32.4 Å². The Morgan fingerprint density at radius 2 is 2.17 bits per heavy atom. The molecule has 2 aliphatic heterocycles. The molecule has 1 aromatic carbocycles. The van der Waals surface area contributed by atoms with Crippen LogP contribution < -0.4 is 20.5 Å². The van der Waals surface area contributed by atoms with Crippen LogP contribution in [0.3, 0.4) is 0 Å². The molecule has 1 amide bonds. The molecule has 0 radical (unpaired) electrons. The minimum Gasteiger partial charge on any atom is -0.491 e. The first-order valence-electron chi connectivity index (χ1n) is 10.0. The van der Waals surface area contributed by atoms with Gasteiger partial charge in [0.2, 0.25) is 0 Å². The lowest BCUT2D eigenvalue weighted by Crippen LogP contribution is -2.24. The Hall–Kier alpha value is -3.13. The van der Waals surface area contributed by atoms with Crippen LogP contribution in [0.5, 0.6) is 11.5 Å². The quantitative estimate of drug-likeness (QED) is 0.705. The van der Waals surface area contributed by atoms with Crippen LogP contribution in [0.1, 0.15) is 31.7 Å². The predicted octanol–water partition coefficient (Wildman–Crippen LogP) is 2.54. The van der Waals surface area contributed by atoms with Crippen molar-refractivity contribution in [2.45, 2.75) is 32.3 Å². The fraction of sp³-hybridized carbons (Fsp3) is 0.409. The topological polar surface area (TPSA) is 109 Å². The molecule has 0 bridgehead atoms. The highest BCUT2D eigenvalue weighted by Crippen LogP contribution is 2.41. The Balaban J connectivity index is 1.59. The lowest BCUT2D eigenvalue weighted by atomic mass is 10.0. The summed E-state index contributed by atoms with van der Waals surface area (Å²) >= 11 is 0. The zero-order chi connectivity index (χ0) is 21.1. The third-order valence-electron chi connectivity index (χ3n) is 5.13. The van der Waals surface area contributed by atoms with E-state index in [0.717, 1.165) is 30.8 Å². The van der Waals surface area contributed by atoms with Gasteiger partial charge in [-0.3, -0.25) is 4.79 Å². The zero-order valence-corrected chi connectivity index (χ0v) is 17.2. The van der Waals surface area contributed by atoms with Gasteiger partial charge in [0.1, 0.15) is 17.1 Å².